The Bertz CT molecular complexity index is 502. The molecule has 26 heavy (non-hydrogen) atoms. The van der Waals surface area contributed by atoms with E-state index in [1.807, 2.05) is 24.0 Å². The van der Waals surface area contributed by atoms with E-state index in [-0.39, 0.29) is 6.10 Å². The third-order valence-electron chi connectivity index (χ3n) is 4.24. The summed E-state index contributed by atoms with van der Waals surface area (Å²) in [5.74, 6) is 0.943. The minimum Gasteiger partial charge on any atom is -0.387 e. The highest BCUT2D eigenvalue weighted by atomic mass is 16.5. The lowest BCUT2D eigenvalue weighted by molar-refractivity contribution is 0.0498. The van der Waals surface area contributed by atoms with Crippen molar-refractivity contribution in [3.8, 4) is 0 Å². The Morgan fingerprint density at radius 3 is 2.65 bits per heavy atom. The van der Waals surface area contributed by atoms with Crippen molar-refractivity contribution in [3.05, 3.63) is 30.6 Å². The first kappa shape index (κ1) is 22.5. The number of aromatic nitrogens is 2. The smallest absolute Gasteiger partial charge is 0.134 e. The van der Waals surface area contributed by atoms with Crippen LogP contribution in [0.25, 0.3) is 0 Å². The maximum Gasteiger partial charge on any atom is 0.134 e. The SMILES string of the molecule is CCCN(/C=C\NCC(C)OCc1nccn1C)C(C)CCOC(C)C. The van der Waals surface area contributed by atoms with E-state index < -0.39 is 0 Å². The van der Waals surface area contributed by atoms with Gasteiger partial charge in [-0.05, 0) is 40.5 Å². The molecule has 0 saturated heterocycles. The molecular formula is C20H38N4O2. The Hall–Kier alpha value is -1.53. The molecule has 2 unspecified atom stereocenters. The Labute approximate surface area is 159 Å². The van der Waals surface area contributed by atoms with Crippen LogP contribution in [-0.2, 0) is 23.1 Å². The highest BCUT2D eigenvalue weighted by Gasteiger charge is 2.09. The zero-order valence-corrected chi connectivity index (χ0v) is 17.4. The second-order valence-corrected chi connectivity index (χ2v) is 7.10. The van der Waals surface area contributed by atoms with Gasteiger partial charge in [0.1, 0.15) is 12.4 Å². The zero-order chi connectivity index (χ0) is 19.4. The molecule has 150 valence electrons. The lowest BCUT2D eigenvalue weighted by Gasteiger charge is -2.28. The predicted molar refractivity (Wildman–Crippen MR) is 107 cm³/mol. The molecule has 6 heteroatoms. The first-order valence-electron chi connectivity index (χ1n) is 9.79. The van der Waals surface area contributed by atoms with Crippen molar-refractivity contribution in [1.82, 2.24) is 19.8 Å². The van der Waals surface area contributed by atoms with Crippen LogP contribution in [-0.4, -0.2) is 52.4 Å². The molecule has 0 amide bonds. The maximum absolute atomic E-state index is 5.83. The number of hydrogen-bond acceptors (Lipinski definition) is 5. The van der Waals surface area contributed by atoms with Gasteiger partial charge in [-0.2, -0.15) is 0 Å². The summed E-state index contributed by atoms with van der Waals surface area (Å²) in [6.07, 6.45) is 10.5. The van der Waals surface area contributed by atoms with Crippen molar-refractivity contribution < 1.29 is 9.47 Å². The topological polar surface area (TPSA) is 51.5 Å². The maximum atomic E-state index is 5.83. The van der Waals surface area contributed by atoms with Gasteiger partial charge in [-0.3, -0.25) is 0 Å². The Morgan fingerprint density at radius 1 is 1.27 bits per heavy atom. The summed E-state index contributed by atoms with van der Waals surface area (Å²) in [5.41, 5.74) is 0. The summed E-state index contributed by atoms with van der Waals surface area (Å²) < 4.78 is 13.5. The summed E-state index contributed by atoms with van der Waals surface area (Å²) in [6, 6.07) is 0.462. The van der Waals surface area contributed by atoms with Gasteiger partial charge in [0, 0.05) is 57.6 Å². The van der Waals surface area contributed by atoms with E-state index in [0.717, 1.165) is 38.4 Å². The van der Waals surface area contributed by atoms with Crippen molar-refractivity contribution in [2.24, 2.45) is 7.05 Å². The van der Waals surface area contributed by atoms with Crippen molar-refractivity contribution in [1.29, 1.82) is 0 Å². The molecule has 0 aliphatic carbocycles. The average Bonchev–Trinajstić information content (AvgIpc) is 3.00. The molecule has 0 saturated carbocycles. The van der Waals surface area contributed by atoms with Crippen molar-refractivity contribution >= 4 is 0 Å². The van der Waals surface area contributed by atoms with Crippen LogP contribution in [0.2, 0.25) is 0 Å². The van der Waals surface area contributed by atoms with Gasteiger partial charge in [0.2, 0.25) is 0 Å². The van der Waals surface area contributed by atoms with Gasteiger partial charge in [-0.25, -0.2) is 4.98 Å². The van der Waals surface area contributed by atoms with Gasteiger partial charge in [0.15, 0.2) is 0 Å². The molecule has 0 aliphatic heterocycles. The molecule has 0 bridgehead atoms. The van der Waals surface area contributed by atoms with Crippen LogP contribution in [0.5, 0.6) is 0 Å². The number of aryl methyl sites for hydroxylation is 1. The molecule has 0 aliphatic rings. The van der Waals surface area contributed by atoms with Crippen LogP contribution in [0.3, 0.4) is 0 Å². The molecule has 0 fully saturated rings. The van der Waals surface area contributed by atoms with Crippen LogP contribution < -0.4 is 5.32 Å². The van der Waals surface area contributed by atoms with E-state index in [4.69, 9.17) is 9.47 Å². The van der Waals surface area contributed by atoms with E-state index in [1.54, 1.807) is 6.20 Å². The predicted octanol–water partition coefficient (Wildman–Crippen LogP) is 3.30. The van der Waals surface area contributed by atoms with E-state index in [9.17, 15) is 0 Å². The number of rotatable bonds is 14. The number of nitrogens with one attached hydrogen (secondary N) is 1. The molecule has 0 aromatic carbocycles. The number of imidazole rings is 1. The van der Waals surface area contributed by atoms with E-state index in [2.05, 4.69) is 56.0 Å². The second kappa shape index (κ2) is 12.8. The van der Waals surface area contributed by atoms with Gasteiger partial charge in [-0.15, -0.1) is 0 Å². The van der Waals surface area contributed by atoms with Crippen LogP contribution in [0.1, 0.15) is 53.3 Å². The molecule has 0 spiro atoms. The summed E-state index contributed by atoms with van der Waals surface area (Å²) in [7, 11) is 1.98. The van der Waals surface area contributed by atoms with Crippen LogP contribution >= 0.6 is 0 Å². The van der Waals surface area contributed by atoms with Crippen LogP contribution in [0.15, 0.2) is 24.8 Å². The van der Waals surface area contributed by atoms with Crippen LogP contribution in [0, 0.1) is 0 Å². The molecular weight excluding hydrogens is 328 g/mol. The third-order valence-corrected chi connectivity index (χ3v) is 4.24. The molecule has 0 radical (unpaired) electrons. The second-order valence-electron chi connectivity index (χ2n) is 7.10. The molecule has 1 N–H and O–H groups in total. The normalized spacial score (nSPS) is 14.1. The summed E-state index contributed by atoms with van der Waals surface area (Å²) in [5, 5.41) is 3.34. The number of hydrogen-bond donors (Lipinski definition) is 1. The Balaban J connectivity index is 2.29. The van der Waals surface area contributed by atoms with Crippen molar-refractivity contribution in [3.63, 3.8) is 0 Å². The third kappa shape index (κ3) is 9.25. The molecule has 6 nitrogen and oxygen atoms in total. The highest BCUT2D eigenvalue weighted by molar-refractivity contribution is 4.89. The summed E-state index contributed by atoms with van der Waals surface area (Å²) >= 11 is 0. The molecule has 1 heterocycles. The van der Waals surface area contributed by atoms with Crippen LogP contribution in [0.4, 0.5) is 0 Å². The standard InChI is InChI=1S/C20H38N4O2/c1-7-11-24(18(4)8-14-25-17(2)3)13-9-21-15-19(5)26-16-20-22-10-12-23(20)6/h9-10,12-13,17-19,21H,7-8,11,14-16H2,1-6H3/b13-9-. The van der Waals surface area contributed by atoms with Crippen molar-refractivity contribution in [2.75, 3.05) is 19.7 Å². The molecule has 2 atom stereocenters. The fourth-order valence-electron chi connectivity index (χ4n) is 2.53. The van der Waals surface area contributed by atoms with Gasteiger partial charge in [0.25, 0.3) is 0 Å². The zero-order valence-electron chi connectivity index (χ0n) is 17.4. The van der Waals surface area contributed by atoms with Gasteiger partial charge in [0.05, 0.1) is 12.2 Å². The minimum absolute atomic E-state index is 0.118. The Morgan fingerprint density at radius 2 is 2.04 bits per heavy atom. The first-order valence-corrected chi connectivity index (χ1v) is 9.79. The molecule has 1 rings (SSSR count). The molecule has 1 aromatic heterocycles. The van der Waals surface area contributed by atoms with Gasteiger partial charge >= 0.3 is 0 Å². The largest absolute Gasteiger partial charge is 0.387 e. The van der Waals surface area contributed by atoms with Crippen molar-refractivity contribution in [2.45, 2.75) is 72.3 Å². The fourth-order valence-corrected chi connectivity index (χ4v) is 2.53. The minimum atomic E-state index is 0.118. The summed E-state index contributed by atoms with van der Waals surface area (Å²) in [4.78, 5) is 6.64. The van der Waals surface area contributed by atoms with Gasteiger partial charge in [-0.1, -0.05) is 6.92 Å². The number of nitrogens with zero attached hydrogens (tertiary/aromatic N) is 3. The quantitative estimate of drug-likeness (QED) is 0.547. The monoisotopic (exact) mass is 366 g/mol. The Kier molecular flexibility index (Phi) is 11.1. The van der Waals surface area contributed by atoms with E-state index >= 15 is 0 Å². The lowest BCUT2D eigenvalue weighted by atomic mass is 10.2. The van der Waals surface area contributed by atoms with E-state index in [1.165, 1.54) is 0 Å². The highest BCUT2D eigenvalue weighted by Crippen LogP contribution is 2.07. The lowest BCUT2D eigenvalue weighted by Crippen LogP contribution is -2.31. The fraction of sp³-hybridized carbons (Fsp3) is 0.750. The molecule has 1 aromatic rings. The summed E-state index contributed by atoms with van der Waals surface area (Å²) in [6.45, 7) is 13.8. The number of ether oxygens (including phenoxy) is 2. The average molecular weight is 367 g/mol. The first-order chi connectivity index (χ1) is 12.4. The van der Waals surface area contributed by atoms with E-state index in [0.29, 0.717) is 18.8 Å². The van der Waals surface area contributed by atoms with Gasteiger partial charge < -0.3 is 24.3 Å².